The van der Waals surface area contributed by atoms with Gasteiger partial charge in [-0.25, -0.2) is 4.79 Å². The number of carbonyl (C=O) groups excluding carboxylic acids is 2. The fourth-order valence-electron chi connectivity index (χ4n) is 2.11. The summed E-state index contributed by atoms with van der Waals surface area (Å²) < 4.78 is 9.92. The molecule has 0 atom stereocenters. The van der Waals surface area contributed by atoms with Gasteiger partial charge in [0.15, 0.2) is 6.61 Å². The molecule has 2 rings (SSSR count). The number of nitro benzene ring substituents is 1. The number of carbonyl (C=O) groups is 2. The second kappa shape index (κ2) is 8.30. The van der Waals surface area contributed by atoms with Gasteiger partial charge in [0.05, 0.1) is 12.0 Å². The van der Waals surface area contributed by atoms with Crippen LogP contribution in [0.15, 0.2) is 36.4 Å². The maximum Gasteiger partial charge on any atom is 0.342 e. The smallest absolute Gasteiger partial charge is 0.342 e. The average Bonchev–Trinajstić information content (AvgIpc) is 2.62. The Balaban J connectivity index is 2.06. The fourth-order valence-corrected chi connectivity index (χ4v) is 2.28. The Morgan fingerprint density at radius 3 is 2.65 bits per heavy atom. The van der Waals surface area contributed by atoms with Gasteiger partial charge >= 0.3 is 5.97 Å². The van der Waals surface area contributed by atoms with Gasteiger partial charge in [0.25, 0.3) is 11.6 Å². The number of benzene rings is 2. The van der Waals surface area contributed by atoms with Crippen molar-refractivity contribution < 1.29 is 24.0 Å². The third-order valence-corrected chi connectivity index (χ3v) is 3.90. The maximum atomic E-state index is 12.2. The van der Waals surface area contributed by atoms with Crippen LogP contribution in [0.1, 0.15) is 15.9 Å². The number of halogens is 1. The molecule has 26 heavy (non-hydrogen) atoms. The van der Waals surface area contributed by atoms with Gasteiger partial charge in [0.1, 0.15) is 11.3 Å². The van der Waals surface area contributed by atoms with Gasteiger partial charge in [0.2, 0.25) is 0 Å². The van der Waals surface area contributed by atoms with Crippen molar-refractivity contribution in [2.45, 2.75) is 6.92 Å². The lowest BCUT2D eigenvalue weighted by atomic mass is 10.2. The van der Waals surface area contributed by atoms with Crippen LogP contribution in [0.3, 0.4) is 0 Å². The highest BCUT2D eigenvalue weighted by Gasteiger charge is 2.20. The number of nitrogens with zero attached hydrogens (tertiary/aromatic N) is 1. The molecular formula is C17H15ClN2O6. The van der Waals surface area contributed by atoms with Crippen LogP contribution in [0.4, 0.5) is 11.4 Å². The third-order valence-electron chi connectivity index (χ3n) is 3.49. The summed E-state index contributed by atoms with van der Waals surface area (Å²) in [6.07, 6.45) is 0. The van der Waals surface area contributed by atoms with E-state index in [0.29, 0.717) is 16.3 Å². The zero-order valence-electron chi connectivity index (χ0n) is 13.9. The molecule has 0 aliphatic heterocycles. The molecule has 2 aromatic rings. The summed E-state index contributed by atoms with van der Waals surface area (Å²) in [5, 5.41) is 13.9. The summed E-state index contributed by atoms with van der Waals surface area (Å²) in [5.41, 5.74) is 0.728. The molecule has 0 saturated carbocycles. The molecule has 0 bridgehead atoms. The number of hydrogen-bond acceptors (Lipinski definition) is 6. The molecule has 0 aromatic heterocycles. The van der Waals surface area contributed by atoms with Gasteiger partial charge in [-0.05, 0) is 30.7 Å². The Hall–Kier alpha value is -3.13. The number of amides is 1. The van der Waals surface area contributed by atoms with Crippen LogP contribution in [0, 0.1) is 17.0 Å². The molecule has 1 N–H and O–H groups in total. The van der Waals surface area contributed by atoms with Crippen molar-refractivity contribution in [3.8, 4) is 5.75 Å². The SMILES string of the molecule is COc1ccc([N+](=O)[O-])cc1C(=O)OCC(=O)Nc1cccc(Cl)c1C. The van der Waals surface area contributed by atoms with Crippen molar-refractivity contribution in [1.29, 1.82) is 0 Å². The molecule has 0 aliphatic rings. The monoisotopic (exact) mass is 378 g/mol. The van der Waals surface area contributed by atoms with E-state index in [1.165, 1.54) is 19.2 Å². The molecule has 0 fully saturated rings. The van der Waals surface area contributed by atoms with Crippen LogP contribution >= 0.6 is 11.6 Å². The summed E-state index contributed by atoms with van der Waals surface area (Å²) in [6, 6.07) is 8.52. The number of anilines is 1. The van der Waals surface area contributed by atoms with Crippen LogP contribution < -0.4 is 10.1 Å². The standard InChI is InChI=1S/C17H15ClN2O6/c1-10-13(18)4-3-5-14(10)19-16(21)9-26-17(22)12-8-11(20(23)24)6-7-15(12)25-2/h3-8H,9H2,1-2H3,(H,19,21). The van der Waals surface area contributed by atoms with Crippen molar-refractivity contribution in [3.05, 3.63) is 62.7 Å². The molecule has 8 nitrogen and oxygen atoms in total. The Morgan fingerprint density at radius 1 is 1.27 bits per heavy atom. The van der Waals surface area contributed by atoms with Crippen LogP contribution in [0.5, 0.6) is 5.75 Å². The summed E-state index contributed by atoms with van der Waals surface area (Å²) in [5.74, 6) is -1.39. The Morgan fingerprint density at radius 2 is 2.00 bits per heavy atom. The highest BCUT2D eigenvalue weighted by Crippen LogP contribution is 2.25. The van der Waals surface area contributed by atoms with Crippen LogP contribution in [-0.4, -0.2) is 30.5 Å². The zero-order valence-corrected chi connectivity index (χ0v) is 14.7. The Kier molecular flexibility index (Phi) is 6.13. The van der Waals surface area contributed by atoms with E-state index in [4.69, 9.17) is 21.1 Å². The van der Waals surface area contributed by atoms with Gasteiger partial charge in [-0.15, -0.1) is 0 Å². The minimum absolute atomic E-state index is 0.103. The Bertz CT molecular complexity index is 868. The van der Waals surface area contributed by atoms with Crippen molar-refractivity contribution in [2.75, 3.05) is 19.0 Å². The van der Waals surface area contributed by atoms with Crippen molar-refractivity contribution in [2.24, 2.45) is 0 Å². The normalized spacial score (nSPS) is 10.1. The molecule has 0 heterocycles. The first-order chi connectivity index (χ1) is 12.3. The molecule has 1 amide bonds. The number of methoxy groups -OCH3 is 1. The lowest BCUT2D eigenvalue weighted by Crippen LogP contribution is -2.21. The van der Waals surface area contributed by atoms with Crippen LogP contribution in [0.2, 0.25) is 5.02 Å². The summed E-state index contributed by atoms with van der Waals surface area (Å²) in [4.78, 5) is 34.3. The summed E-state index contributed by atoms with van der Waals surface area (Å²) in [7, 11) is 1.31. The van der Waals surface area contributed by atoms with E-state index in [1.54, 1.807) is 25.1 Å². The number of rotatable bonds is 6. The Labute approximate surface area is 153 Å². The van der Waals surface area contributed by atoms with E-state index in [0.717, 1.165) is 6.07 Å². The molecule has 0 unspecified atom stereocenters. The third kappa shape index (κ3) is 4.48. The van der Waals surface area contributed by atoms with Gasteiger partial charge in [-0.3, -0.25) is 14.9 Å². The highest BCUT2D eigenvalue weighted by molar-refractivity contribution is 6.31. The van der Waals surface area contributed by atoms with Crippen molar-refractivity contribution in [1.82, 2.24) is 0 Å². The van der Waals surface area contributed by atoms with E-state index >= 15 is 0 Å². The largest absolute Gasteiger partial charge is 0.496 e. The second-order valence-corrected chi connectivity index (χ2v) is 5.59. The lowest BCUT2D eigenvalue weighted by Gasteiger charge is -2.11. The maximum absolute atomic E-state index is 12.2. The minimum atomic E-state index is -0.913. The van der Waals surface area contributed by atoms with Gasteiger partial charge in [-0.2, -0.15) is 0 Å². The highest BCUT2D eigenvalue weighted by atomic mass is 35.5. The van der Waals surface area contributed by atoms with Crippen molar-refractivity contribution in [3.63, 3.8) is 0 Å². The summed E-state index contributed by atoms with van der Waals surface area (Å²) in [6.45, 7) is 1.16. The zero-order chi connectivity index (χ0) is 19.3. The lowest BCUT2D eigenvalue weighted by molar-refractivity contribution is -0.384. The first kappa shape index (κ1) is 19.2. The first-order valence-corrected chi connectivity index (χ1v) is 7.75. The van der Waals surface area contributed by atoms with Crippen molar-refractivity contribution >= 4 is 34.9 Å². The molecule has 9 heteroatoms. The molecule has 0 spiro atoms. The van der Waals surface area contributed by atoms with E-state index in [2.05, 4.69) is 5.32 Å². The van der Waals surface area contributed by atoms with E-state index in [-0.39, 0.29) is 17.0 Å². The molecule has 0 saturated heterocycles. The minimum Gasteiger partial charge on any atom is -0.496 e. The predicted molar refractivity (Wildman–Crippen MR) is 94.7 cm³/mol. The number of non-ortho nitro benzene ring substituents is 1. The fraction of sp³-hybridized carbons (Fsp3) is 0.176. The van der Waals surface area contributed by atoms with Crippen LogP contribution in [0.25, 0.3) is 0 Å². The quantitative estimate of drug-likeness (QED) is 0.469. The number of nitro groups is 1. The second-order valence-electron chi connectivity index (χ2n) is 5.18. The van der Waals surface area contributed by atoms with Crippen LogP contribution in [-0.2, 0) is 9.53 Å². The number of nitrogens with one attached hydrogen (secondary N) is 1. The molecular weight excluding hydrogens is 364 g/mol. The molecule has 0 radical (unpaired) electrons. The topological polar surface area (TPSA) is 108 Å². The van der Waals surface area contributed by atoms with Gasteiger partial charge in [-0.1, -0.05) is 17.7 Å². The van der Waals surface area contributed by atoms with Gasteiger partial charge in [0, 0.05) is 22.8 Å². The molecule has 136 valence electrons. The number of esters is 1. The van der Waals surface area contributed by atoms with E-state index in [1.807, 2.05) is 0 Å². The molecule has 0 aliphatic carbocycles. The predicted octanol–water partition coefficient (Wildman–Crippen LogP) is 3.36. The average molecular weight is 379 g/mol. The first-order valence-electron chi connectivity index (χ1n) is 7.38. The number of ether oxygens (including phenoxy) is 2. The molecule has 2 aromatic carbocycles. The number of hydrogen-bond donors (Lipinski definition) is 1. The van der Waals surface area contributed by atoms with E-state index < -0.39 is 23.4 Å². The summed E-state index contributed by atoms with van der Waals surface area (Å²) >= 11 is 5.97. The van der Waals surface area contributed by atoms with E-state index in [9.17, 15) is 19.7 Å². The van der Waals surface area contributed by atoms with Gasteiger partial charge < -0.3 is 14.8 Å².